The second-order valence-electron chi connectivity index (χ2n) is 13.3. The third-order valence-electron chi connectivity index (χ3n) is 9.87. The Morgan fingerprint density at radius 1 is 0.462 bits per heavy atom. The molecule has 3 aliphatic heterocycles. The van der Waals surface area contributed by atoms with Gasteiger partial charge in [0.15, 0.2) is 0 Å². The van der Waals surface area contributed by atoms with Crippen LogP contribution in [0.25, 0.3) is 22.3 Å². The number of aromatic nitrogens is 1. The van der Waals surface area contributed by atoms with Crippen LogP contribution in [-0.2, 0) is 0 Å². The van der Waals surface area contributed by atoms with Crippen molar-refractivity contribution in [2.75, 3.05) is 0 Å². The summed E-state index contributed by atoms with van der Waals surface area (Å²) in [5, 5.41) is 42.4. The molecule has 0 atom stereocenters. The van der Waals surface area contributed by atoms with E-state index < -0.39 is 0 Å². The molecule has 7 heteroatoms. The molecule has 0 saturated carbocycles. The molecule has 8 bridgehead atoms. The summed E-state index contributed by atoms with van der Waals surface area (Å²) in [6, 6.07) is 33.0. The number of fused-ring (bicyclic) bond motifs is 6. The van der Waals surface area contributed by atoms with Gasteiger partial charge in [-0.05, 0) is 125 Å². The number of aromatic amines is 1. The Balaban J connectivity index is 1.37. The van der Waals surface area contributed by atoms with Gasteiger partial charge in [0.25, 0.3) is 0 Å². The van der Waals surface area contributed by atoms with Gasteiger partial charge >= 0.3 is 0 Å². The number of phenols is 4. The molecule has 4 aliphatic rings. The fraction of sp³-hybridized carbons (Fsp3) is 0.0667. The number of nitrogens with zero attached hydrogens (tertiary/aromatic N) is 2. The van der Waals surface area contributed by atoms with Gasteiger partial charge in [-0.25, -0.2) is 4.99 Å². The number of H-pyrrole nitrogens is 1. The lowest BCUT2D eigenvalue weighted by molar-refractivity contribution is 0.474. The van der Waals surface area contributed by atoms with Gasteiger partial charge in [0.05, 0.1) is 17.1 Å². The van der Waals surface area contributed by atoms with Crippen LogP contribution in [0.3, 0.4) is 0 Å². The standard InChI is InChI=1S/C45H33N3O4/c49-32-9-1-5-26(22-32)42-30-13-14-31(21-30)43(27-6-2-10-33(50)23-27)37-16-18-39(47-37)45(29-8-4-12-35(52)25-29)41-20-19-40(48-41)44(38-17-15-36(42)46-38)28-7-3-11-34(51)24-28/h1-15,17,19-20,22-25,48-52H,16,18,21H2. The highest BCUT2D eigenvalue weighted by atomic mass is 16.3. The Kier molecular flexibility index (Phi) is 7.47. The van der Waals surface area contributed by atoms with Crippen molar-refractivity contribution in [2.24, 2.45) is 9.98 Å². The van der Waals surface area contributed by atoms with Crippen molar-refractivity contribution in [3.8, 4) is 23.0 Å². The van der Waals surface area contributed by atoms with Crippen LogP contribution in [0.1, 0.15) is 52.9 Å². The van der Waals surface area contributed by atoms with Gasteiger partial charge in [0.1, 0.15) is 23.0 Å². The van der Waals surface area contributed by atoms with Gasteiger partial charge in [-0.15, -0.1) is 0 Å². The second kappa shape index (κ2) is 12.5. The van der Waals surface area contributed by atoms with Gasteiger partial charge in [0, 0.05) is 39.4 Å². The van der Waals surface area contributed by atoms with E-state index in [9.17, 15) is 20.4 Å². The zero-order chi connectivity index (χ0) is 35.3. The predicted molar refractivity (Wildman–Crippen MR) is 206 cm³/mol. The van der Waals surface area contributed by atoms with E-state index in [0.717, 1.165) is 84.2 Å². The number of benzene rings is 4. The quantitative estimate of drug-likeness (QED) is 0.130. The largest absolute Gasteiger partial charge is 0.508 e. The first-order valence-corrected chi connectivity index (χ1v) is 17.2. The lowest BCUT2D eigenvalue weighted by Gasteiger charge is -2.15. The topological polar surface area (TPSA) is 121 Å². The first-order chi connectivity index (χ1) is 25.4. The molecule has 5 aromatic rings. The molecule has 252 valence electrons. The van der Waals surface area contributed by atoms with Crippen LogP contribution in [0.4, 0.5) is 0 Å². The molecular weight excluding hydrogens is 647 g/mol. The molecular formula is C45H33N3O4. The van der Waals surface area contributed by atoms with E-state index in [1.54, 1.807) is 48.5 Å². The molecule has 0 fully saturated rings. The lowest BCUT2D eigenvalue weighted by atomic mass is 9.90. The second-order valence-corrected chi connectivity index (χ2v) is 13.3. The Morgan fingerprint density at radius 2 is 0.962 bits per heavy atom. The highest BCUT2D eigenvalue weighted by Crippen LogP contribution is 2.43. The maximum Gasteiger partial charge on any atom is 0.116 e. The highest BCUT2D eigenvalue weighted by Gasteiger charge is 2.28. The van der Waals surface area contributed by atoms with Crippen molar-refractivity contribution in [1.29, 1.82) is 0 Å². The van der Waals surface area contributed by atoms with Crippen LogP contribution in [0.15, 0.2) is 166 Å². The number of hydrogen-bond acceptors (Lipinski definition) is 6. The predicted octanol–water partition coefficient (Wildman–Crippen LogP) is 9.48. The Morgan fingerprint density at radius 3 is 1.54 bits per heavy atom. The molecule has 9 rings (SSSR count). The summed E-state index contributed by atoms with van der Waals surface area (Å²) in [6.45, 7) is 0. The minimum atomic E-state index is 0.145. The maximum absolute atomic E-state index is 10.6. The van der Waals surface area contributed by atoms with E-state index in [2.05, 4.69) is 17.1 Å². The van der Waals surface area contributed by atoms with Crippen LogP contribution in [0.5, 0.6) is 23.0 Å². The first kappa shape index (κ1) is 31.1. The highest BCUT2D eigenvalue weighted by molar-refractivity contribution is 6.32. The van der Waals surface area contributed by atoms with Crippen LogP contribution < -0.4 is 0 Å². The van der Waals surface area contributed by atoms with E-state index in [0.29, 0.717) is 25.0 Å². The van der Waals surface area contributed by atoms with Crippen molar-refractivity contribution in [3.63, 3.8) is 0 Å². The van der Waals surface area contributed by atoms with Crippen molar-refractivity contribution >= 4 is 33.7 Å². The summed E-state index contributed by atoms with van der Waals surface area (Å²) in [4.78, 5) is 14.3. The Labute approximate surface area is 300 Å². The first-order valence-electron chi connectivity index (χ1n) is 17.2. The maximum atomic E-state index is 10.6. The number of allylic oxidation sites excluding steroid dienone is 9. The molecule has 1 aliphatic carbocycles. The Bertz CT molecular complexity index is 2590. The summed E-state index contributed by atoms with van der Waals surface area (Å²) in [7, 11) is 0. The molecule has 4 heterocycles. The van der Waals surface area contributed by atoms with Gasteiger partial charge in [-0.3, -0.25) is 4.99 Å². The molecule has 0 radical (unpaired) electrons. The minimum absolute atomic E-state index is 0.145. The van der Waals surface area contributed by atoms with Crippen LogP contribution in [0.2, 0.25) is 0 Å². The fourth-order valence-electron chi connectivity index (χ4n) is 7.67. The van der Waals surface area contributed by atoms with Gasteiger partial charge in [-0.2, -0.15) is 0 Å². The number of phenolic OH excluding ortho intramolecular Hbond substituents is 4. The fourth-order valence-corrected chi connectivity index (χ4v) is 7.67. The molecule has 0 saturated heterocycles. The van der Waals surface area contributed by atoms with E-state index in [4.69, 9.17) is 9.98 Å². The number of hydrogen-bond donors (Lipinski definition) is 5. The summed E-state index contributed by atoms with van der Waals surface area (Å²) >= 11 is 0. The molecule has 0 amide bonds. The Hall–Kier alpha value is -6.86. The molecule has 7 nitrogen and oxygen atoms in total. The molecule has 0 spiro atoms. The van der Waals surface area contributed by atoms with Gasteiger partial charge in [-0.1, -0.05) is 60.7 Å². The minimum Gasteiger partial charge on any atom is -0.508 e. The molecule has 0 unspecified atom stereocenters. The SMILES string of the molecule is Oc1cccc(C2=C3C=CC(=C(c4cccc(O)c4)C4=NC(=C(c5cccc(O)c5)c5ccc([nH]5)C(c5cccc(O)c5)=C5C=CC2=N5)CC4)C3)c1. The summed E-state index contributed by atoms with van der Waals surface area (Å²) in [5.41, 5.74) is 13.9. The number of nitrogens with one attached hydrogen (secondary N) is 1. The summed E-state index contributed by atoms with van der Waals surface area (Å²) < 4.78 is 0. The van der Waals surface area contributed by atoms with Crippen LogP contribution in [-0.4, -0.2) is 36.8 Å². The smallest absolute Gasteiger partial charge is 0.116 e. The number of aliphatic imine (C=N–C) groups is 2. The van der Waals surface area contributed by atoms with E-state index in [1.165, 1.54) is 0 Å². The van der Waals surface area contributed by atoms with Gasteiger partial charge < -0.3 is 25.4 Å². The van der Waals surface area contributed by atoms with E-state index in [-0.39, 0.29) is 23.0 Å². The zero-order valence-electron chi connectivity index (χ0n) is 28.0. The average molecular weight is 680 g/mol. The van der Waals surface area contributed by atoms with E-state index >= 15 is 0 Å². The average Bonchev–Trinajstić information content (AvgIpc) is 3.96. The third kappa shape index (κ3) is 5.58. The normalized spacial score (nSPS) is 16.7. The van der Waals surface area contributed by atoms with Crippen molar-refractivity contribution in [3.05, 3.63) is 190 Å². The number of rotatable bonds is 4. The third-order valence-corrected chi connectivity index (χ3v) is 9.87. The molecule has 4 aromatic carbocycles. The van der Waals surface area contributed by atoms with Gasteiger partial charge in [0.2, 0.25) is 0 Å². The van der Waals surface area contributed by atoms with E-state index in [1.807, 2.05) is 72.8 Å². The van der Waals surface area contributed by atoms with Crippen LogP contribution in [0, 0.1) is 0 Å². The zero-order valence-corrected chi connectivity index (χ0v) is 28.0. The van der Waals surface area contributed by atoms with Crippen molar-refractivity contribution in [2.45, 2.75) is 19.3 Å². The lowest BCUT2D eigenvalue weighted by Crippen LogP contribution is -2.03. The summed E-state index contributed by atoms with van der Waals surface area (Å²) in [5.74, 6) is 0.646. The summed E-state index contributed by atoms with van der Waals surface area (Å²) in [6.07, 6.45) is 10.2. The van der Waals surface area contributed by atoms with Crippen LogP contribution >= 0.6 is 0 Å². The molecule has 1 aromatic heterocycles. The molecule has 52 heavy (non-hydrogen) atoms. The van der Waals surface area contributed by atoms with Crippen molar-refractivity contribution in [1.82, 2.24) is 4.98 Å². The monoisotopic (exact) mass is 679 g/mol. The number of aromatic hydroxyl groups is 4. The van der Waals surface area contributed by atoms with Crippen molar-refractivity contribution < 1.29 is 20.4 Å². The molecule has 5 N–H and O–H groups in total.